The van der Waals surface area contributed by atoms with E-state index in [1.54, 1.807) is 12.1 Å². The van der Waals surface area contributed by atoms with Crippen LogP contribution in [0.25, 0.3) is 11.0 Å². The standard InChI is InChI=1S/C14H15ClN2O3/c1-8-10(14(18)19)2-3-11-13(8)17(12(6-15)16-11)7-9-4-5-20-9/h2-3,9H,4-7H2,1H3,(H,18,19)/t9-/m0/s1. The number of aromatic carboxylic acids is 1. The van der Waals surface area contributed by atoms with Gasteiger partial charge in [-0.3, -0.25) is 0 Å². The molecule has 1 saturated heterocycles. The van der Waals surface area contributed by atoms with E-state index in [2.05, 4.69) is 4.98 Å². The Labute approximate surface area is 121 Å². The monoisotopic (exact) mass is 294 g/mol. The van der Waals surface area contributed by atoms with Crippen LogP contribution in [0.1, 0.15) is 28.2 Å². The van der Waals surface area contributed by atoms with Gasteiger partial charge in [0.15, 0.2) is 0 Å². The number of rotatable bonds is 4. The lowest BCUT2D eigenvalue weighted by Crippen LogP contribution is -2.31. The van der Waals surface area contributed by atoms with E-state index < -0.39 is 5.97 Å². The highest BCUT2D eigenvalue weighted by Crippen LogP contribution is 2.26. The molecule has 5 nitrogen and oxygen atoms in total. The van der Waals surface area contributed by atoms with Crippen LogP contribution in [0.3, 0.4) is 0 Å². The van der Waals surface area contributed by atoms with E-state index in [1.807, 2.05) is 11.5 Å². The lowest BCUT2D eigenvalue weighted by atomic mass is 10.1. The maximum Gasteiger partial charge on any atom is 0.336 e. The van der Waals surface area contributed by atoms with Crippen molar-refractivity contribution in [1.29, 1.82) is 0 Å². The number of imidazole rings is 1. The van der Waals surface area contributed by atoms with Crippen molar-refractivity contribution in [3.63, 3.8) is 0 Å². The van der Waals surface area contributed by atoms with Crippen molar-refractivity contribution in [2.24, 2.45) is 0 Å². The predicted molar refractivity (Wildman–Crippen MR) is 75.3 cm³/mol. The third-order valence-electron chi connectivity index (χ3n) is 3.77. The SMILES string of the molecule is Cc1c(C(=O)O)ccc2nc(CCl)n(C[C@@H]3CCO3)c12. The number of nitrogens with zero attached hydrogens (tertiary/aromatic N) is 2. The van der Waals surface area contributed by atoms with E-state index in [0.29, 0.717) is 18.0 Å². The lowest BCUT2D eigenvalue weighted by Gasteiger charge is -2.27. The molecular weight excluding hydrogens is 280 g/mol. The first-order valence-electron chi connectivity index (χ1n) is 6.51. The van der Waals surface area contributed by atoms with E-state index in [1.165, 1.54) is 0 Å². The Bertz CT molecular complexity index is 677. The minimum atomic E-state index is -0.926. The molecule has 2 heterocycles. The zero-order valence-electron chi connectivity index (χ0n) is 11.1. The van der Waals surface area contributed by atoms with E-state index in [-0.39, 0.29) is 6.10 Å². The van der Waals surface area contributed by atoms with Gasteiger partial charge in [0.25, 0.3) is 0 Å². The third kappa shape index (κ3) is 2.07. The molecule has 20 heavy (non-hydrogen) atoms. The highest BCUT2D eigenvalue weighted by Gasteiger charge is 2.23. The number of alkyl halides is 1. The molecule has 6 heteroatoms. The zero-order valence-corrected chi connectivity index (χ0v) is 11.9. The van der Waals surface area contributed by atoms with Crippen molar-refractivity contribution in [2.75, 3.05) is 6.61 Å². The second-order valence-electron chi connectivity index (χ2n) is 4.96. The first-order chi connectivity index (χ1) is 9.61. The Morgan fingerprint density at radius 1 is 1.60 bits per heavy atom. The van der Waals surface area contributed by atoms with Crippen molar-refractivity contribution in [3.8, 4) is 0 Å². The molecular formula is C14H15ClN2O3. The second kappa shape index (κ2) is 5.07. The molecule has 0 unspecified atom stereocenters. The highest BCUT2D eigenvalue weighted by molar-refractivity contribution is 6.17. The molecule has 1 fully saturated rings. The van der Waals surface area contributed by atoms with Gasteiger partial charge in [0.05, 0.1) is 35.1 Å². The molecule has 0 spiro atoms. The Hall–Kier alpha value is -1.59. The number of aryl methyl sites for hydroxylation is 1. The molecule has 1 aromatic heterocycles. The van der Waals surface area contributed by atoms with Gasteiger partial charge < -0.3 is 14.4 Å². The van der Waals surface area contributed by atoms with Crippen LogP contribution in [-0.4, -0.2) is 33.3 Å². The molecule has 106 valence electrons. The van der Waals surface area contributed by atoms with Crippen LogP contribution in [0.15, 0.2) is 12.1 Å². The second-order valence-corrected chi connectivity index (χ2v) is 5.23. The van der Waals surface area contributed by atoms with Gasteiger partial charge in [0.2, 0.25) is 0 Å². The minimum absolute atomic E-state index is 0.169. The van der Waals surface area contributed by atoms with Crippen LogP contribution in [0.5, 0.6) is 0 Å². The number of carboxylic acids is 1. The van der Waals surface area contributed by atoms with Crippen molar-refractivity contribution < 1.29 is 14.6 Å². The van der Waals surface area contributed by atoms with Gasteiger partial charge in [-0.15, -0.1) is 11.6 Å². The fraction of sp³-hybridized carbons (Fsp3) is 0.429. The summed E-state index contributed by atoms with van der Waals surface area (Å²) in [5.74, 6) is 0.121. The molecule has 2 aromatic rings. The van der Waals surface area contributed by atoms with Crippen LogP contribution in [0, 0.1) is 6.92 Å². The van der Waals surface area contributed by atoms with Gasteiger partial charge in [0.1, 0.15) is 5.82 Å². The van der Waals surface area contributed by atoms with Gasteiger partial charge in [-0.05, 0) is 31.0 Å². The van der Waals surface area contributed by atoms with Crippen molar-refractivity contribution in [3.05, 3.63) is 29.1 Å². The molecule has 1 N–H and O–H groups in total. The van der Waals surface area contributed by atoms with Crippen LogP contribution in [-0.2, 0) is 17.2 Å². The van der Waals surface area contributed by atoms with Crippen molar-refractivity contribution >= 4 is 28.6 Å². The van der Waals surface area contributed by atoms with Gasteiger partial charge in [-0.25, -0.2) is 9.78 Å². The average molecular weight is 295 g/mol. The number of aromatic nitrogens is 2. The van der Waals surface area contributed by atoms with Gasteiger partial charge in [-0.2, -0.15) is 0 Å². The molecule has 0 radical (unpaired) electrons. The fourth-order valence-corrected chi connectivity index (χ4v) is 2.81. The molecule has 0 aliphatic carbocycles. The first-order valence-corrected chi connectivity index (χ1v) is 7.05. The number of carboxylic acid groups (broad SMARTS) is 1. The summed E-state index contributed by atoms with van der Waals surface area (Å²) in [4.78, 5) is 15.7. The average Bonchev–Trinajstić information content (AvgIpc) is 2.72. The minimum Gasteiger partial charge on any atom is -0.478 e. The Morgan fingerprint density at radius 3 is 2.90 bits per heavy atom. The van der Waals surface area contributed by atoms with Crippen molar-refractivity contribution in [1.82, 2.24) is 9.55 Å². The number of benzene rings is 1. The summed E-state index contributed by atoms with van der Waals surface area (Å²) in [6, 6.07) is 3.33. The smallest absolute Gasteiger partial charge is 0.336 e. The molecule has 1 aliphatic heterocycles. The molecule has 0 bridgehead atoms. The summed E-state index contributed by atoms with van der Waals surface area (Å²) < 4.78 is 7.46. The third-order valence-corrected chi connectivity index (χ3v) is 4.01. The van der Waals surface area contributed by atoms with E-state index in [9.17, 15) is 9.90 Å². The quantitative estimate of drug-likeness (QED) is 0.880. The summed E-state index contributed by atoms with van der Waals surface area (Å²) in [5.41, 5.74) is 2.64. The fourth-order valence-electron chi connectivity index (χ4n) is 2.61. The maximum absolute atomic E-state index is 11.3. The summed E-state index contributed by atoms with van der Waals surface area (Å²) in [6.45, 7) is 3.26. The summed E-state index contributed by atoms with van der Waals surface area (Å²) in [5, 5.41) is 9.24. The largest absolute Gasteiger partial charge is 0.478 e. The number of hydrogen-bond donors (Lipinski definition) is 1. The zero-order chi connectivity index (χ0) is 14.3. The summed E-state index contributed by atoms with van der Waals surface area (Å²) >= 11 is 5.96. The molecule has 3 rings (SSSR count). The number of hydrogen-bond acceptors (Lipinski definition) is 3. The van der Waals surface area contributed by atoms with E-state index in [0.717, 1.165) is 35.4 Å². The van der Waals surface area contributed by atoms with Crippen LogP contribution >= 0.6 is 11.6 Å². The molecule has 1 aliphatic rings. The van der Waals surface area contributed by atoms with Gasteiger partial charge >= 0.3 is 5.97 Å². The predicted octanol–water partition coefficient (Wildman–Crippen LogP) is 2.57. The maximum atomic E-state index is 11.3. The molecule has 1 aromatic carbocycles. The number of fused-ring (bicyclic) bond motifs is 1. The highest BCUT2D eigenvalue weighted by atomic mass is 35.5. The Balaban J connectivity index is 2.17. The topological polar surface area (TPSA) is 64.3 Å². The number of carbonyl (C=O) groups is 1. The van der Waals surface area contributed by atoms with Crippen molar-refractivity contribution in [2.45, 2.75) is 31.9 Å². The summed E-state index contributed by atoms with van der Waals surface area (Å²) in [6.07, 6.45) is 1.18. The van der Waals surface area contributed by atoms with Gasteiger partial charge in [0, 0.05) is 6.61 Å². The van der Waals surface area contributed by atoms with Gasteiger partial charge in [-0.1, -0.05) is 0 Å². The first kappa shape index (κ1) is 13.4. The normalized spacial score (nSPS) is 18.2. The molecule has 1 atom stereocenters. The molecule has 0 saturated carbocycles. The van der Waals surface area contributed by atoms with Crippen LogP contribution in [0.4, 0.5) is 0 Å². The van der Waals surface area contributed by atoms with E-state index in [4.69, 9.17) is 16.3 Å². The van der Waals surface area contributed by atoms with Crippen LogP contribution < -0.4 is 0 Å². The van der Waals surface area contributed by atoms with E-state index >= 15 is 0 Å². The Kier molecular flexibility index (Phi) is 3.40. The lowest BCUT2D eigenvalue weighted by molar-refractivity contribution is -0.0589. The molecule has 0 amide bonds. The Morgan fingerprint density at radius 2 is 2.35 bits per heavy atom. The number of ether oxygens (including phenoxy) is 1. The number of halogens is 1. The van der Waals surface area contributed by atoms with Crippen LogP contribution in [0.2, 0.25) is 0 Å². The summed E-state index contributed by atoms with van der Waals surface area (Å²) in [7, 11) is 0.